The van der Waals surface area contributed by atoms with Crippen LogP contribution in [0.3, 0.4) is 0 Å². The maximum absolute atomic E-state index is 4.31. The van der Waals surface area contributed by atoms with Crippen molar-refractivity contribution in [3.05, 3.63) is 18.0 Å². The first kappa shape index (κ1) is 7.09. The minimum absolute atomic E-state index is 0.902. The fourth-order valence-electron chi connectivity index (χ4n) is 1.26. The van der Waals surface area contributed by atoms with E-state index in [1.54, 1.807) is 6.20 Å². The van der Waals surface area contributed by atoms with Crippen LogP contribution in [-0.4, -0.2) is 22.2 Å². The van der Waals surface area contributed by atoms with Crippen LogP contribution in [0.4, 0.5) is 5.69 Å². The van der Waals surface area contributed by atoms with E-state index < -0.39 is 0 Å². The van der Waals surface area contributed by atoms with Crippen LogP contribution in [0.25, 0.3) is 11.0 Å². The third-order valence-electron chi connectivity index (χ3n) is 1.81. The van der Waals surface area contributed by atoms with Gasteiger partial charge >= 0.3 is 0 Å². The molecule has 2 heterocycles. The molecular formula is C8H10N4. The van der Waals surface area contributed by atoms with Crippen LogP contribution >= 0.6 is 0 Å². The normalized spacial score (nSPS) is 10.5. The summed E-state index contributed by atoms with van der Waals surface area (Å²) >= 11 is 0. The highest BCUT2D eigenvalue weighted by atomic mass is 15.1. The maximum Gasteiger partial charge on any atom is 0.110 e. The van der Waals surface area contributed by atoms with Crippen LogP contribution in [0.2, 0.25) is 0 Å². The van der Waals surface area contributed by atoms with E-state index in [9.17, 15) is 0 Å². The Morgan fingerprint density at radius 1 is 1.50 bits per heavy atom. The molecule has 0 saturated heterocycles. The molecule has 0 spiro atoms. The van der Waals surface area contributed by atoms with Crippen molar-refractivity contribution < 1.29 is 0 Å². The fraction of sp³-hybridized carbons (Fsp3) is 0.250. The zero-order valence-electron chi connectivity index (χ0n) is 7.05. The van der Waals surface area contributed by atoms with Crippen molar-refractivity contribution in [2.45, 2.75) is 6.92 Å². The first-order valence-corrected chi connectivity index (χ1v) is 3.80. The fourth-order valence-corrected chi connectivity index (χ4v) is 1.26. The Kier molecular flexibility index (Phi) is 1.46. The third kappa shape index (κ3) is 0.922. The van der Waals surface area contributed by atoms with E-state index >= 15 is 0 Å². The first-order chi connectivity index (χ1) is 5.81. The molecule has 2 N–H and O–H groups in total. The number of aryl methyl sites for hydroxylation is 1. The van der Waals surface area contributed by atoms with Crippen molar-refractivity contribution in [2.75, 3.05) is 12.4 Å². The molecule has 0 aliphatic carbocycles. The number of fused-ring (bicyclic) bond motifs is 1. The molecule has 0 unspecified atom stereocenters. The van der Waals surface area contributed by atoms with Gasteiger partial charge in [-0.1, -0.05) is 0 Å². The molecule has 12 heavy (non-hydrogen) atoms. The second-order valence-electron chi connectivity index (χ2n) is 2.69. The molecule has 4 heteroatoms. The molecule has 0 saturated carbocycles. The Morgan fingerprint density at radius 2 is 2.33 bits per heavy atom. The van der Waals surface area contributed by atoms with Crippen molar-refractivity contribution in [1.29, 1.82) is 0 Å². The van der Waals surface area contributed by atoms with Gasteiger partial charge < -0.3 is 5.32 Å². The molecule has 0 bridgehead atoms. The van der Waals surface area contributed by atoms with Crippen molar-refractivity contribution in [3.8, 4) is 0 Å². The van der Waals surface area contributed by atoms with Gasteiger partial charge in [-0.25, -0.2) is 4.98 Å². The van der Waals surface area contributed by atoms with E-state index in [1.165, 1.54) is 0 Å². The van der Waals surface area contributed by atoms with Crippen LogP contribution < -0.4 is 5.32 Å². The van der Waals surface area contributed by atoms with Crippen molar-refractivity contribution in [1.82, 2.24) is 15.2 Å². The number of hydrogen-bond donors (Lipinski definition) is 2. The standard InChI is InChI=1S/C8H10N4/c1-5-3-6(9-2)8-7(11-5)4-10-12-8/h3-4H,1-2H3,(H,9,11)(H,10,12). The number of H-pyrrole nitrogens is 1. The molecule has 0 amide bonds. The predicted molar refractivity (Wildman–Crippen MR) is 48.2 cm³/mol. The SMILES string of the molecule is CNc1cc(C)nc2cn[nH]c12. The Morgan fingerprint density at radius 3 is 3.08 bits per heavy atom. The summed E-state index contributed by atoms with van der Waals surface area (Å²) in [5, 5.41) is 9.90. The summed E-state index contributed by atoms with van der Waals surface area (Å²) in [5.74, 6) is 0. The summed E-state index contributed by atoms with van der Waals surface area (Å²) in [6, 6.07) is 1.99. The van der Waals surface area contributed by atoms with Gasteiger partial charge in [-0.3, -0.25) is 5.10 Å². The van der Waals surface area contributed by atoms with Gasteiger partial charge in [0.2, 0.25) is 0 Å². The molecule has 0 aromatic carbocycles. The lowest BCUT2D eigenvalue weighted by Gasteiger charge is -2.01. The molecule has 4 nitrogen and oxygen atoms in total. The number of rotatable bonds is 1. The Balaban J connectivity index is 2.80. The Bertz CT molecular complexity index is 404. The molecule has 0 atom stereocenters. The first-order valence-electron chi connectivity index (χ1n) is 3.80. The molecule has 2 aromatic heterocycles. The zero-order chi connectivity index (χ0) is 8.55. The number of aromatic amines is 1. The Hall–Kier alpha value is -1.58. The molecule has 2 rings (SSSR count). The highest BCUT2D eigenvalue weighted by Crippen LogP contribution is 2.19. The average Bonchev–Trinajstić information content (AvgIpc) is 2.50. The summed E-state index contributed by atoms with van der Waals surface area (Å²) in [6.07, 6.45) is 1.73. The summed E-state index contributed by atoms with van der Waals surface area (Å²) in [6.45, 7) is 1.97. The van der Waals surface area contributed by atoms with Crippen molar-refractivity contribution in [3.63, 3.8) is 0 Å². The van der Waals surface area contributed by atoms with Crippen LogP contribution in [0, 0.1) is 6.92 Å². The average molecular weight is 162 g/mol. The molecule has 0 aliphatic rings. The van der Waals surface area contributed by atoms with Crippen molar-refractivity contribution in [2.24, 2.45) is 0 Å². The summed E-state index contributed by atoms with van der Waals surface area (Å²) in [4.78, 5) is 4.31. The van der Waals surface area contributed by atoms with E-state index in [0.717, 1.165) is 22.4 Å². The highest BCUT2D eigenvalue weighted by Gasteiger charge is 2.02. The number of nitrogens with one attached hydrogen (secondary N) is 2. The van der Waals surface area contributed by atoms with Crippen LogP contribution in [0.5, 0.6) is 0 Å². The van der Waals surface area contributed by atoms with Gasteiger partial charge in [0.25, 0.3) is 0 Å². The van der Waals surface area contributed by atoms with E-state index in [4.69, 9.17) is 0 Å². The highest BCUT2D eigenvalue weighted by molar-refractivity contribution is 5.87. The molecule has 0 aliphatic heterocycles. The monoisotopic (exact) mass is 162 g/mol. The number of nitrogens with zero attached hydrogens (tertiary/aromatic N) is 2. The van der Waals surface area contributed by atoms with E-state index in [1.807, 2.05) is 20.0 Å². The van der Waals surface area contributed by atoms with Gasteiger partial charge in [-0.15, -0.1) is 0 Å². The minimum atomic E-state index is 0.902. The molecule has 62 valence electrons. The van der Waals surface area contributed by atoms with Gasteiger partial charge in [-0.2, -0.15) is 5.10 Å². The van der Waals surface area contributed by atoms with Crippen molar-refractivity contribution >= 4 is 16.7 Å². The second-order valence-corrected chi connectivity index (χ2v) is 2.69. The van der Waals surface area contributed by atoms with E-state index in [2.05, 4.69) is 20.5 Å². The predicted octanol–water partition coefficient (Wildman–Crippen LogP) is 1.31. The molecule has 0 radical (unpaired) electrons. The topological polar surface area (TPSA) is 53.6 Å². The number of hydrogen-bond acceptors (Lipinski definition) is 3. The smallest absolute Gasteiger partial charge is 0.110 e. The number of pyridine rings is 1. The lowest BCUT2D eigenvalue weighted by molar-refractivity contribution is 1.12. The van der Waals surface area contributed by atoms with Gasteiger partial charge in [0.1, 0.15) is 11.0 Å². The molecular weight excluding hydrogens is 152 g/mol. The lowest BCUT2D eigenvalue weighted by Crippen LogP contribution is -1.92. The second kappa shape index (κ2) is 2.48. The van der Waals surface area contributed by atoms with Gasteiger partial charge in [0.05, 0.1) is 11.9 Å². The van der Waals surface area contributed by atoms with E-state index in [-0.39, 0.29) is 0 Å². The summed E-state index contributed by atoms with van der Waals surface area (Å²) in [7, 11) is 1.88. The number of aromatic nitrogens is 3. The summed E-state index contributed by atoms with van der Waals surface area (Å²) < 4.78 is 0. The quantitative estimate of drug-likeness (QED) is 0.664. The molecule has 2 aromatic rings. The zero-order valence-corrected chi connectivity index (χ0v) is 7.05. The maximum atomic E-state index is 4.31. The van der Waals surface area contributed by atoms with Crippen LogP contribution in [0.1, 0.15) is 5.69 Å². The Labute approximate surface area is 70.0 Å². The van der Waals surface area contributed by atoms with E-state index in [0.29, 0.717) is 0 Å². The minimum Gasteiger partial charge on any atom is -0.386 e. The largest absolute Gasteiger partial charge is 0.386 e. The van der Waals surface area contributed by atoms with Crippen LogP contribution in [-0.2, 0) is 0 Å². The summed E-state index contributed by atoms with van der Waals surface area (Å²) in [5.41, 5.74) is 3.89. The number of anilines is 1. The molecule has 0 fully saturated rings. The van der Waals surface area contributed by atoms with Gasteiger partial charge in [0, 0.05) is 12.7 Å². The lowest BCUT2D eigenvalue weighted by atomic mass is 10.3. The van der Waals surface area contributed by atoms with Gasteiger partial charge in [0.15, 0.2) is 0 Å². The third-order valence-corrected chi connectivity index (χ3v) is 1.81. The van der Waals surface area contributed by atoms with Gasteiger partial charge in [-0.05, 0) is 13.0 Å². The van der Waals surface area contributed by atoms with Crippen LogP contribution in [0.15, 0.2) is 12.3 Å².